The summed E-state index contributed by atoms with van der Waals surface area (Å²) in [5, 5.41) is 20.8. The highest BCUT2D eigenvalue weighted by Crippen LogP contribution is 2.44. The molecule has 0 radical (unpaired) electrons. The number of alkyl halides is 2. The zero-order valence-corrected chi connectivity index (χ0v) is 18.1. The lowest BCUT2D eigenvalue weighted by molar-refractivity contribution is -0.163. The number of rotatable bonds is 6. The Bertz CT molecular complexity index is 1060. The van der Waals surface area contributed by atoms with E-state index in [4.69, 9.17) is 9.84 Å². The smallest absolute Gasteiger partial charge is 0.407 e. The number of β-amino-alcohol motifs (C(OH)–C–C–N with tert-alkyl or cyclic N) is 1. The normalized spacial score (nSPS) is 19.8. The second-order valence-corrected chi connectivity index (χ2v) is 8.52. The summed E-state index contributed by atoms with van der Waals surface area (Å²) < 4.78 is 34.1. The first-order valence-corrected chi connectivity index (χ1v) is 10.8. The molecule has 2 aromatic carbocycles. The molecule has 10 heteroatoms. The van der Waals surface area contributed by atoms with E-state index < -0.39 is 55.5 Å². The number of carbonyl (C=O) groups is 3. The molecule has 2 unspecified atom stereocenters. The second-order valence-electron chi connectivity index (χ2n) is 8.52. The molecule has 1 aliphatic carbocycles. The Morgan fingerprint density at radius 2 is 1.62 bits per heavy atom. The SMILES string of the molecule is O=C(NCC(F)(F)C(=O)N1CC(O)CC(C(=O)O)C1)OCC1c2ccccc2-c2ccccc21. The number of aliphatic carboxylic acids is 1. The Morgan fingerprint density at radius 1 is 1.03 bits per heavy atom. The summed E-state index contributed by atoms with van der Waals surface area (Å²) in [7, 11) is 0. The van der Waals surface area contributed by atoms with E-state index in [0.717, 1.165) is 22.3 Å². The Balaban J connectivity index is 1.34. The number of amides is 2. The van der Waals surface area contributed by atoms with Crippen molar-refractivity contribution in [2.24, 2.45) is 5.92 Å². The van der Waals surface area contributed by atoms with Crippen LogP contribution in [-0.2, 0) is 14.3 Å². The number of hydrogen-bond donors (Lipinski definition) is 3. The maximum Gasteiger partial charge on any atom is 0.407 e. The van der Waals surface area contributed by atoms with Crippen molar-refractivity contribution >= 4 is 18.0 Å². The molecule has 0 bridgehead atoms. The molecule has 2 aliphatic rings. The topological polar surface area (TPSA) is 116 Å². The molecule has 0 spiro atoms. The van der Waals surface area contributed by atoms with E-state index in [1.54, 1.807) is 0 Å². The molecule has 2 atom stereocenters. The summed E-state index contributed by atoms with van der Waals surface area (Å²) in [6.07, 6.45) is -2.44. The van der Waals surface area contributed by atoms with Crippen molar-refractivity contribution in [3.8, 4) is 11.1 Å². The average molecular weight is 474 g/mol. The van der Waals surface area contributed by atoms with Crippen molar-refractivity contribution < 1.29 is 38.1 Å². The lowest BCUT2D eigenvalue weighted by atomic mass is 9.95. The third kappa shape index (κ3) is 4.72. The van der Waals surface area contributed by atoms with Crippen molar-refractivity contribution in [2.75, 3.05) is 26.2 Å². The number of ether oxygens (including phenoxy) is 1. The number of carbonyl (C=O) groups excluding carboxylic acids is 2. The first kappa shape index (κ1) is 23.6. The molecule has 0 saturated carbocycles. The number of carboxylic acid groups (broad SMARTS) is 1. The van der Waals surface area contributed by atoms with Crippen LogP contribution in [-0.4, -0.2) is 71.4 Å². The van der Waals surface area contributed by atoms with E-state index in [0.29, 0.717) is 4.90 Å². The first-order valence-electron chi connectivity index (χ1n) is 10.8. The summed E-state index contributed by atoms with van der Waals surface area (Å²) in [5.74, 6) is -8.32. The average Bonchev–Trinajstić information content (AvgIpc) is 3.14. The Kier molecular flexibility index (Phi) is 6.52. The third-order valence-electron chi connectivity index (χ3n) is 6.18. The van der Waals surface area contributed by atoms with E-state index in [2.05, 4.69) is 0 Å². The fourth-order valence-electron chi connectivity index (χ4n) is 4.56. The number of fused-ring (bicyclic) bond motifs is 3. The van der Waals surface area contributed by atoms with Crippen molar-refractivity contribution in [1.29, 1.82) is 0 Å². The molecule has 0 aromatic heterocycles. The molecule has 1 aliphatic heterocycles. The van der Waals surface area contributed by atoms with Gasteiger partial charge in [-0.15, -0.1) is 0 Å². The molecule has 1 heterocycles. The summed E-state index contributed by atoms with van der Waals surface area (Å²) in [4.78, 5) is 36.2. The van der Waals surface area contributed by atoms with Crippen LogP contribution in [0.15, 0.2) is 48.5 Å². The monoisotopic (exact) mass is 474 g/mol. The van der Waals surface area contributed by atoms with E-state index in [1.807, 2.05) is 53.8 Å². The Morgan fingerprint density at radius 3 is 2.21 bits per heavy atom. The zero-order chi connectivity index (χ0) is 24.5. The molecule has 4 rings (SSSR count). The lowest BCUT2D eigenvalue weighted by Gasteiger charge is -2.35. The number of carboxylic acids is 1. The van der Waals surface area contributed by atoms with Gasteiger partial charge in [-0.3, -0.25) is 9.59 Å². The number of nitrogens with zero attached hydrogens (tertiary/aromatic N) is 1. The van der Waals surface area contributed by atoms with E-state index in [1.165, 1.54) is 0 Å². The van der Waals surface area contributed by atoms with Crippen LogP contribution in [0.5, 0.6) is 0 Å². The maximum absolute atomic E-state index is 14.5. The van der Waals surface area contributed by atoms with Gasteiger partial charge in [0.1, 0.15) is 6.61 Å². The summed E-state index contributed by atoms with van der Waals surface area (Å²) in [6.45, 7) is -2.22. The van der Waals surface area contributed by atoms with Crippen molar-refractivity contribution in [2.45, 2.75) is 24.4 Å². The number of likely N-dealkylation sites (tertiary alicyclic amines) is 1. The fourth-order valence-corrected chi connectivity index (χ4v) is 4.56. The van der Waals surface area contributed by atoms with Gasteiger partial charge in [0.05, 0.1) is 18.6 Å². The summed E-state index contributed by atoms with van der Waals surface area (Å²) in [6, 6.07) is 15.3. The van der Waals surface area contributed by atoms with Gasteiger partial charge in [-0.1, -0.05) is 48.5 Å². The minimum absolute atomic E-state index is 0.0714. The largest absolute Gasteiger partial charge is 0.481 e. The quantitative estimate of drug-likeness (QED) is 0.592. The molecule has 34 heavy (non-hydrogen) atoms. The highest BCUT2D eigenvalue weighted by molar-refractivity contribution is 5.85. The molecule has 1 fully saturated rings. The number of aliphatic hydroxyl groups is 1. The van der Waals surface area contributed by atoms with Crippen molar-refractivity contribution in [1.82, 2.24) is 10.2 Å². The maximum atomic E-state index is 14.5. The van der Waals surface area contributed by atoms with Gasteiger partial charge < -0.3 is 25.2 Å². The van der Waals surface area contributed by atoms with Crippen LogP contribution in [0.4, 0.5) is 13.6 Å². The van der Waals surface area contributed by atoms with Gasteiger partial charge in [-0.25, -0.2) is 4.79 Å². The van der Waals surface area contributed by atoms with Gasteiger partial charge in [0.15, 0.2) is 0 Å². The number of hydrogen-bond acceptors (Lipinski definition) is 5. The number of aliphatic hydroxyl groups excluding tert-OH is 1. The van der Waals surface area contributed by atoms with Crippen LogP contribution < -0.4 is 5.32 Å². The van der Waals surface area contributed by atoms with Crippen molar-refractivity contribution in [3.63, 3.8) is 0 Å². The van der Waals surface area contributed by atoms with Gasteiger partial charge >= 0.3 is 18.0 Å². The summed E-state index contributed by atoms with van der Waals surface area (Å²) in [5.41, 5.74) is 3.97. The van der Waals surface area contributed by atoms with Crippen LogP contribution >= 0.6 is 0 Å². The molecule has 1 saturated heterocycles. The zero-order valence-electron chi connectivity index (χ0n) is 18.1. The second kappa shape index (κ2) is 9.38. The minimum atomic E-state index is -3.99. The number of nitrogens with one attached hydrogen (secondary N) is 1. The molecular weight excluding hydrogens is 450 g/mol. The molecule has 3 N–H and O–H groups in total. The van der Waals surface area contributed by atoms with Crippen LogP contribution in [0.2, 0.25) is 0 Å². The highest BCUT2D eigenvalue weighted by atomic mass is 19.3. The van der Waals surface area contributed by atoms with Gasteiger partial charge in [0.25, 0.3) is 5.91 Å². The number of alkyl carbamates (subject to hydrolysis) is 1. The highest BCUT2D eigenvalue weighted by Gasteiger charge is 2.45. The molecule has 2 aromatic rings. The van der Waals surface area contributed by atoms with E-state index >= 15 is 0 Å². The van der Waals surface area contributed by atoms with Crippen LogP contribution in [0.25, 0.3) is 11.1 Å². The molecule has 180 valence electrons. The van der Waals surface area contributed by atoms with Crippen LogP contribution in [0.1, 0.15) is 23.5 Å². The third-order valence-corrected chi connectivity index (χ3v) is 6.18. The molecular formula is C24H24F2N2O6. The molecule has 8 nitrogen and oxygen atoms in total. The lowest BCUT2D eigenvalue weighted by Crippen LogP contribution is -2.55. The van der Waals surface area contributed by atoms with Gasteiger partial charge in [-0.05, 0) is 28.7 Å². The number of benzene rings is 2. The van der Waals surface area contributed by atoms with Gasteiger partial charge in [0.2, 0.25) is 0 Å². The minimum Gasteiger partial charge on any atom is -0.481 e. The predicted octanol–water partition coefficient (Wildman–Crippen LogP) is 2.45. The predicted molar refractivity (Wildman–Crippen MR) is 116 cm³/mol. The number of halogens is 2. The standard InChI is InChI=1S/C24H24F2N2O6/c25-24(26,22(32)28-10-14(21(30)31)9-15(29)11-28)13-27-23(33)34-12-20-18-7-3-1-5-16(18)17-6-2-4-8-19(17)20/h1-8,14-15,20,29H,9-13H2,(H,27,33)(H,30,31). The fraction of sp³-hybridized carbons (Fsp3) is 0.375. The Hall–Kier alpha value is -3.53. The van der Waals surface area contributed by atoms with Crippen LogP contribution in [0, 0.1) is 5.92 Å². The van der Waals surface area contributed by atoms with E-state index in [9.17, 15) is 28.3 Å². The molecule has 2 amide bonds. The Labute approximate surface area is 194 Å². The van der Waals surface area contributed by atoms with E-state index in [-0.39, 0.29) is 18.9 Å². The van der Waals surface area contributed by atoms with Crippen molar-refractivity contribution in [3.05, 3.63) is 59.7 Å². The summed E-state index contributed by atoms with van der Waals surface area (Å²) >= 11 is 0. The van der Waals surface area contributed by atoms with Gasteiger partial charge in [0, 0.05) is 19.0 Å². The first-order chi connectivity index (χ1) is 16.2. The number of piperidine rings is 1. The van der Waals surface area contributed by atoms with Gasteiger partial charge in [-0.2, -0.15) is 8.78 Å². The van der Waals surface area contributed by atoms with Crippen LogP contribution in [0.3, 0.4) is 0 Å².